The largest absolute Gasteiger partial charge is 0.479 e. The Morgan fingerprint density at radius 1 is 1.39 bits per heavy atom. The van der Waals surface area contributed by atoms with E-state index in [2.05, 4.69) is 18.7 Å². The fourth-order valence-electron chi connectivity index (χ4n) is 2.44. The average molecular weight is 257 g/mol. The van der Waals surface area contributed by atoms with Gasteiger partial charge in [-0.2, -0.15) is 0 Å². The zero-order valence-electron chi connectivity index (χ0n) is 11.7. The molecule has 106 valence electrons. The number of carbonyl (C=O) groups is 1. The summed E-state index contributed by atoms with van der Waals surface area (Å²) >= 11 is 0. The lowest BCUT2D eigenvalue weighted by Crippen LogP contribution is -2.49. The SMILES string of the molecule is CCCCCCCC(C)N1CCOC(C(=O)O)C1. The molecule has 0 radical (unpaired) electrons. The molecule has 1 N–H and O–H groups in total. The molecule has 2 atom stereocenters. The van der Waals surface area contributed by atoms with Crippen molar-refractivity contribution in [3.63, 3.8) is 0 Å². The maximum Gasteiger partial charge on any atom is 0.334 e. The van der Waals surface area contributed by atoms with Crippen LogP contribution in [0.25, 0.3) is 0 Å². The third kappa shape index (κ3) is 5.36. The lowest BCUT2D eigenvalue weighted by Gasteiger charge is -2.35. The van der Waals surface area contributed by atoms with Gasteiger partial charge in [-0.15, -0.1) is 0 Å². The number of rotatable bonds is 8. The van der Waals surface area contributed by atoms with E-state index < -0.39 is 12.1 Å². The first-order valence-electron chi connectivity index (χ1n) is 7.23. The number of hydrogen-bond donors (Lipinski definition) is 1. The van der Waals surface area contributed by atoms with Crippen LogP contribution in [0.4, 0.5) is 0 Å². The first-order valence-corrected chi connectivity index (χ1v) is 7.23. The standard InChI is InChI=1S/C14H27NO3/c1-3-4-5-6-7-8-12(2)15-9-10-18-13(11-15)14(16)17/h12-13H,3-11H2,1-2H3,(H,16,17). The van der Waals surface area contributed by atoms with E-state index in [1.165, 1.54) is 32.1 Å². The number of carboxylic acids is 1. The first-order chi connectivity index (χ1) is 8.65. The Labute approximate surface area is 110 Å². The number of morpholine rings is 1. The molecule has 0 amide bonds. The molecule has 0 bridgehead atoms. The minimum absolute atomic E-state index is 0.470. The van der Waals surface area contributed by atoms with E-state index in [1.54, 1.807) is 0 Å². The van der Waals surface area contributed by atoms with Crippen molar-refractivity contribution in [2.45, 2.75) is 64.5 Å². The molecule has 2 unspecified atom stereocenters. The van der Waals surface area contributed by atoms with Gasteiger partial charge < -0.3 is 9.84 Å². The van der Waals surface area contributed by atoms with E-state index in [9.17, 15) is 4.79 Å². The zero-order valence-corrected chi connectivity index (χ0v) is 11.7. The van der Waals surface area contributed by atoms with Gasteiger partial charge in [0, 0.05) is 19.1 Å². The molecule has 0 aromatic rings. The van der Waals surface area contributed by atoms with Crippen molar-refractivity contribution in [3.8, 4) is 0 Å². The van der Waals surface area contributed by atoms with E-state index in [-0.39, 0.29) is 0 Å². The summed E-state index contributed by atoms with van der Waals surface area (Å²) in [6.07, 6.45) is 6.99. The molecule has 1 rings (SSSR count). The van der Waals surface area contributed by atoms with Crippen LogP contribution in [0.5, 0.6) is 0 Å². The van der Waals surface area contributed by atoms with Crippen molar-refractivity contribution >= 4 is 5.97 Å². The summed E-state index contributed by atoms with van der Waals surface area (Å²) in [6.45, 7) is 6.36. The molecule has 1 aliphatic heterocycles. The molecule has 1 saturated heterocycles. The average Bonchev–Trinajstić information content (AvgIpc) is 2.38. The highest BCUT2D eigenvalue weighted by molar-refractivity contribution is 5.72. The third-order valence-corrected chi connectivity index (χ3v) is 3.72. The number of carboxylic acid groups (broad SMARTS) is 1. The lowest BCUT2D eigenvalue weighted by molar-refractivity contribution is -0.157. The summed E-state index contributed by atoms with van der Waals surface area (Å²) in [4.78, 5) is 13.2. The Hall–Kier alpha value is -0.610. The van der Waals surface area contributed by atoms with Crippen molar-refractivity contribution in [1.29, 1.82) is 0 Å². The predicted octanol–water partition coefficient (Wildman–Crippen LogP) is 2.52. The highest BCUT2D eigenvalue weighted by Gasteiger charge is 2.28. The van der Waals surface area contributed by atoms with Crippen molar-refractivity contribution in [2.75, 3.05) is 19.7 Å². The summed E-state index contributed by atoms with van der Waals surface area (Å²) in [6, 6.07) is 0.470. The predicted molar refractivity (Wildman–Crippen MR) is 71.8 cm³/mol. The van der Waals surface area contributed by atoms with Gasteiger partial charge >= 0.3 is 5.97 Å². The molecule has 4 heteroatoms. The highest BCUT2D eigenvalue weighted by atomic mass is 16.5. The third-order valence-electron chi connectivity index (χ3n) is 3.72. The van der Waals surface area contributed by atoms with Crippen LogP contribution in [-0.2, 0) is 9.53 Å². The minimum atomic E-state index is -0.838. The number of aliphatic carboxylic acids is 1. The molecule has 0 aromatic heterocycles. The van der Waals surface area contributed by atoms with Crippen molar-refractivity contribution in [1.82, 2.24) is 4.90 Å². The molecule has 18 heavy (non-hydrogen) atoms. The van der Waals surface area contributed by atoms with Crippen LogP contribution in [0, 0.1) is 0 Å². The molecule has 0 aliphatic carbocycles. The van der Waals surface area contributed by atoms with Gasteiger partial charge in [-0.05, 0) is 13.3 Å². The van der Waals surface area contributed by atoms with Crippen molar-refractivity contribution < 1.29 is 14.6 Å². The summed E-state index contributed by atoms with van der Waals surface area (Å²) in [5.41, 5.74) is 0. The monoisotopic (exact) mass is 257 g/mol. The fraction of sp³-hybridized carbons (Fsp3) is 0.929. The van der Waals surface area contributed by atoms with Gasteiger partial charge in [-0.3, -0.25) is 4.90 Å². The van der Waals surface area contributed by atoms with Gasteiger partial charge in [0.05, 0.1) is 6.61 Å². The molecule has 0 spiro atoms. The highest BCUT2D eigenvalue weighted by Crippen LogP contribution is 2.15. The number of hydrogen-bond acceptors (Lipinski definition) is 3. The minimum Gasteiger partial charge on any atom is -0.479 e. The van der Waals surface area contributed by atoms with Gasteiger partial charge in [-0.1, -0.05) is 39.0 Å². The topological polar surface area (TPSA) is 49.8 Å². The van der Waals surface area contributed by atoms with Crippen LogP contribution in [0.1, 0.15) is 52.4 Å². The van der Waals surface area contributed by atoms with Crippen molar-refractivity contribution in [3.05, 3.63) is 0 Å². The normalized spacial score (nSPS) is 22.9. The first kappa shape index (κ1) is 15.4. The molecule has 1 heterocycles. The summed E-state index contributed by atoms with van der Waals surface area (Å²) in [5, 5.41) is 8.96. The van der Waals surface area contributed by atoms with E-state index in [0.29, 0.717) is 19.2 Å². The summed E-state index contributed by atoms with van der Waals surface area (Å²) in [7, 11) is 0. The van der Waals surface area contributed by atoms with Crippen LogP contribution in [0.2, 0.25) is 0 Å². The van der Waals surface area contributed by atoms with Crippen LogP contribution in [0.15, 0.2) is 0 Å². The molecular formula is C14H27NO3. The Morgan fingerprint density at radius 2 is 2.11 bits per heavy atom. The fourth-order valence-corrected chi connectivity index (χ4v) is 2.44. The quantitative estimate of drug-likeness (QED) is 0.679. The van der Waals surface area contributed by atoms with Gasteiger partial charge in [0.25, 0.3) is 0 Å². The van der Waals surface area contributed by atoms with Crippen molar-refractivity contribution in [2.24, 2.45) is 0 Å². The van der Waals surface area contributed by atoms with Gasteiger partial charge in [0.1, 0.15) is 0 Å². The van der Waals surface area contributed by atoms with E-state index in [0.717, 1.165) is 13.0 Å². The Bertz CT molecular complexity index is 245. The molecule has 4 nitrogen and oxygen atoms in total. The van der Waals surface area contributed by atoms with E-state index in [4.69, 9.17) is 9.84 Å². The van der Waals surface area contributed by atoms with Gasteiger partial charge in [0.2, 0.25) is 0 Å². The number of unbranched alkanes of at least 4 members (excludes halogenated alkanes) is 4. The molecule has 0 saturated carbocycles. The second kappa shape index (κ2) is 8.48. The Morgan fingerprint density at radius 3 is 2.78 bits per heavy atom. The second-order valence-corrected chi connectivity index (χ2v) is 5.24. The van der Waals surface area contributed by atoms with Gasteiger partial charge in [0.15, 0.2) is 6.10 Å². The van der Waals surface area contributed by atoms with Crippen LogP contribution >= 0.6 is 0 Å². The number of ether oxygens (including phenoxy) is 1. The Balaban J connectivity index is 2.20. The van der Waals surface area contributed by atoms with E-state index >= 15 is 0 Å². The Kier molecular flexibility index (Phi) is 7.28. The molecule has 1 fully saturated rings. The molecular weight excluding hydrogens is 230 g/mol. The van der Waals surface area contributed by atoms with Crippen LogP contribution in [0.3, 0.4) is 0 Å². The van der Waals surface area contributed by atoms with Crippen LogP contribution in [-0.4, -0.2) is 47.8 Å². The second-order valence-electron chi connectivity index (χ2n) is 5.24. The van der Waals surface area contributed by atoms with Crippen LogP contribution < -0.4 is 0 Å². The maximum atomic E-state index is 10.9. The maximum absolute atomic E-state index is 10.9. The summed E-state index contributed by atoms with van der Waals surface area (Å²) < 4.78 is 5.24. The molecule has 0 aromatic carbocycles. The van der Waals surface area contributed by atoms with E-state index in [1.807, 2.05) is 0 Å². The zero-order chi connectivity index (χ0) is 13.4. The van der Waals surface area contributed by atoms with Gasteiger partial charge in [-0.25, -0.2) is 4.79 Å². The lowest BCUT2D eigenvalue weighted by atomic mass is 10.1. The smallest absolute Gasteiger partial charge is 0.334 e. The summed E-state index contributed by atoms with van der Waals surface area (Å²) in [5.74, 6) is -0.838. The molecule has 1 aliphatic rings. The number of nitrogens with zero attached hydrogens (tertiary/aromatic N) is 1.